The largest absolute Gasteiger partial charge is 1.00 e. The van der Waals surface area contributed by atoms with E-state index in [0.717, 1.165) is 64.3 Å². The fourth-order valence-electron chi connectivity index (χ4n) is 4.43. The molecule has 0 saturated heterocycles. The molecule has 2 atom stereocenters. The van der Waals surface area contributed by atoms with E-state index in [0.29, 0.717) is 105 Å². The van der Waals surface area contributed by atoms with E-state index in [-0.39, 0.29) is 39.5 Å². The van der Waals surface area contributed by atoms with Crippen LogP contribution in [0.3, 0.4) is 0 Å². The van der Waals surface area contributed by atoms with E-state index in [1.165, 1.54) is 14.2 Å². The van der Waals surface area contributed by atoms with Gasteiger partial charge in [-0.3, -0.25) is 20.7 Å². The van der Waals surface area contributed by atoms with Gasteiger partial charge in [-0.2, -0.15) is 0 Å². The van der Waals surface area contributed by atoms with Gasteiger partial charge < -0.3 is 59.4 Å². The van der Waals surface area contributed by atoms with Crippen LogP contribution in [0.5, 0.6) is 11.5 Å². The SMILES string of the molecule is C.C.COP(O)(=S)OCCCCCCN.COP([O-])(=S)OCCCCCCCC(=O)CCCOc1ccc(C=O)c(N)c1.Nc1cc(OCCC[C-]=O)ccc1C=O.[Li+]. The Morgan fingerprint density at radius 1 is 0.729 bits per heavy atom. The molecule has 0 radical (unpaired) electrons. The van der Waals surface area contributed by atoms with Crippen molar-refractivity contribution >= 4 is 73.1 Å². The van der Waals surface area contributed by atoms with Crippen LogP contribution in [0.4, 0.5) is 11.4 Å². The van der Waals surface area contributed by atoms with E-state index in [9.17, 15) is 29.0 Å². The Morgan fingerprint density at radius 3 is 1.64 bits per heavy atom. The minimum atomic E-state index is -3.28. The number of hydrogen-bond donors (Lipinski definition) is 4. The van der Waals surface area contributed by atoms with Gasteiger partial charge in [0.1, 0.15) is 24.0 Å². The van der Waals surface area contributed by atoms with Gasteiger partial charge in [0.05, 0.1) is 26.4 Å². The van der Waals surface area contributed by atoms with Crippen LogP contribution in [0.2, 0.25) is 0 Å². The van der Waals surface area contributed by atoms with Crippen molar-refractivity contribution in [3.63, 3.8) is 0 Å². The molecule has 2 aromatic rings. The first-order valence-corrected chi connectivity index (χ1v) is 23.5. The molecule has 7 N–H and O–H groups in total. The summed E-state index contributed by atoms with van der Waals surface area (Å²) in [7, 11) is 2.63. The summed E-state index contributed by atoms with van der Waals surface area (Å²) < 4.78 is 30.0. The average Bonchev–Trinajstić information content (AvgIpc) is 3.18. The molecule has 0 aromatic heterocycles. The Kier molecular flexibility index (Phi) is 43.1. The topological polar surface area (TPSA) is 245 Å². The Labute approximate surface area is 374 Å². The molecule has 0 bridgehead atoms. The molecule has 0 aliphatic rings. The second kappa shape index (κ2) is 40.0. The molecule has 0 amide bonds. The van der Waals surface area contributed by atoms with Crippen LogP contribution < -0.4 is 50.4 Å². The number of anilines is 2. The van der Waals surface area contributed by atoms with E-state index in [4.69, 9.17) is 35.7 Å². The molecule has 0 spiro atoms. The van der Waals surface area contributed by atoms with Gasteiger partial charge >= 0.3 is 25.6 Å². The first kappa shape index (κ1) is 63.6. The minimum Gasteiger partial charge on any atom is -0.780 e. The standard InChI is InChI=1S/C19H30NO6PS.C11H12NO3.C7H18NO3PS.2CH4.Li/c1-24-27(23,28)26-13-6-4-2-3-5-8-17(22)9-7-12-25-18-11-10-16(15-21)19(20)14-18;12-11-7-10(4-3-9(11)8-14)15-6-2-1-5-13;1-10-12(9,13)11-7-5-3-2-4-6-8;;;/h10-11,14-15H,2-9,12-13,20H2,1H3,(H,23,28);3-4,7-8H,1-2,6,12H2;2-8H2,1H3,(H,9,13);2*1H4;/q;-1;;;;+1/p-1. The minimum absolute atomic E-state index is 0. The van der Waals surface area contributed by atoms with Gasteiger partial charge in [0.25, 0.3) is 0 Å². The summed E-state index contributed by atoms with van der Waals surface area (Å²) in [5.41, 5.74) is 18.3. The summed E-state index contributed by atoms with van der Waals surface area (Å²) >= 11 is 9.27. The van der Waals surface area contributed by atoms with E-state index in [1.54, 1.807) is 42.7 Å². The molecule has 59 heavy (non-hydrogen) atoms. The predicted molar refractivity (Wildman–Crippen MR) is 238 cm³/mol. The summed E-state index contributed by atoms with van der Waals surface area (Å²) in [5, 5.41) is 0. The third-order valence-corrected chi connectivity index (χ3v) is 11.0. The number of hydrogen-bond acceptors (Lipinski definition) is 16. The number of rotatable bonds is 30. The number of nitrogen functional groups attached to an aromatic ring is 2. The monoisotopic (exact) mass is 902 g/mol. The zero-order valence-corrected chi connectivity index (χ0v) is 36.9. The number of carbonyl (C=O) groups excluding carboxylic acids is 4. The number of carbonyl (C=O) groups is 3. The van der Waals surface area contributed by atoms with Crippen molar-refractivity contribution in [2.24, 2.45) is 5.73 Å². The van der Waals surface area contributed by atoms with Gasteiger partial charge in [0.2, 0.25) is 0 Å². The summed E-state index contributed by atoms with van der Waals surface area (Å²) in [5.74, 6) is 1.43. The van der Waals surface area contributed by atoms with E-state index in [2.05, 4.69) is 32.7 Å². The van der Waals surface area contributed by atoms with Crippen molar-refractivity contribution in [3.8, 4) is 11.5 Å². The van der Waals surface area contributed by atoms with Gasteiger partial charge in [-0.15, -0.1) is 6.42 Å². The first-order valence-electron chi connectivity index (χ1n) is 18.3. The maximum atomic E-state index is 11.9. The molecule has 0 aliphatic carbocycles. The number of Topliss-reactive ketones (excluding diaryl/α,β-unsaturated/α-hetero) is 1. The smallest absolute Gasteiger partial charge is 0.780 e. The molecular weight excluding hydrogens is 835 g/mol. The van der Waals surface area contributed by atoms with Crippen LogP contribution in [-0.2, 0) is 51.3 Å². The molecule has 2 aromatic carbocycles. The molecule has 0 heterocycles. The average molecular weight is 903 g/mol. The molecule has 0 aliphatic heterocycles. The zero-order chi connectivity index (χ0) is 42.1. The van der Waals surface area contributed by atoms with Crippen molar-refractivity contribution in [1.82, 2.24) is 0 Å². The fourth-order valence-corrected chi connectivity index (χ4v) is 5.81. The van der Waals surface area contributed by atoms with Crippen molar-refractivity contribution < 1.29 is 75.4 Å². The van der Waals surface area contributed by atoms with Crippen molar-refractivity contribution in [1.29, 1.82) is 0 Å². The Hall–Kier alpha value is -2.06. The molecule has 334 valence electrons. The van der Waals surface area contributed by atoms with Gasteiger partial charge in [-0.25, -0.2) is 0 Å². The molecule has 2 rings (SSSR count). The van der Waals surface area contributed by atoms with Gasteiger partial charge in [0.15, 0.2) is 12.6 Å². The number of unbranched alkanes of at least 4 members (excludes halogenated alkanes) is 8. The van der Waals surface area contributed by atoms with Crippen LogP contribution in [0.15, 0.2) is 36.4 Å². The van der Waals surface area contributed by atoms with Crippen molar-refractivity contribution in [2.75, 3.05) is 58.7 Å². The number of nitrogens with two attached hydrogens (primary N) is 3. The zero-order valence-electron chi connectivity index (χ0n) is 33.4. The Bertz CT molecular complexity index is 1520. The van der Waals surface area contributed by atoms with E-state index in [1.807, 2.05) is 0 Å². The molecular formula is C39H67LiN3O12P2S2-. The molecule has 2 unspecified atom stereocenters. The number of benzene rings is 2. The van der Waals surface area contributed by atoms with Gasteiger partial charge in [-0.05, 0) is 81.1 Å². The summed E-state index contributed by atoms with van der Waals surface area (Å²) in [6.45, 7) is -3.80. The maximum absolute atomic E-state index is 11.9. The Morgan fingerprint density at radius 2 is 1.19 bits per heavy atom. The summed E-state index contributed by atoms with van der Waals surface area (Å²) in [6.07, 6.45) is 14.5. The summed E-state index contributed by atoms with van der Waals surface area (Å²) in [6, 6.07) is 9.78. The second-order valence-corrected chi connectivity index (χ2v) is 17.9. The van der Waals surface area contributed by atoms with E-state index >= 15 is 0 Å². The van der Waals surface area contributed by atoms with Crippen LogP contribution in [0.25, 0.3) is 0 Å². The van der Waals surface area contributed by atoms with Crippen LogP contribution in [-0.4, -0.2) is 76.7 Å². The predicted octanol–water partition coefficient (Wildman–Crippen LogP) is 4.41. The van der Waals surface area contributed by atoms with Crippen molar-refractivity contribution in [3.05, 3.63) is 47.5 Å². The summed E-state index contributed by atoms with van der Waals surface area (Å²) in [4.78, 5) is 63.5. The number of aldehydes is 2. The second-order valence-electron chi connectivity index (χ2n) is 12.1. The third kappa shape index (κ3) is 35.3. The number of ether oxygens (including phenoxy) is 2. The third-order valence-electron chi connectivity index (χ3n) is 7.59. The normalized spacial score (nSPS) is 12.1. The van der Waals surface area contributed by atoms with Crippen LogP contribution >= 0.6 is 13.4 Å². The molecule has 20 heteroatoms. The quantitative estimate of drug-likeness (QED) is 0.0212. The molecule has 0 saturated carbocycles. The number of ketones is 1. The molecule has 15 nitrogen and oxygen atoms in total. The van der Waals surface area contributed by atoms with Crippen LogP contribution in [0.1, 0.15) is 125 Å². The fraction of sp³-hybridized carbons (Fsp3) is 0.590. The van der Waals surface area contributed by atoms with Crippen LogP contribution in [0, 0.1) is 0 Å². The van der Waals surface area contributed by atoms with E-state index < -0.39 is 13.4 Å². The van der Waals surface area contributed by atoms with Gasteiger partial charge in [0, 0.05) is 61.7 Å². The first-order chi connectivity index (χ1) is 26.8. The van der Waals surface area contributed by atoms with Crippen molar-refractivity contribution in [2.45, 2.75) is 105 Å². The Balaban J connectivity index is -0.000000414. The van der Waals surface area contributed by atoms with Gasteiger partial charge in [-0.1, -0.05) is 58.8 Å². The maximum Gasteiger partial charge on any atom is 1.00 e. The molecule has 0 fully saturated rings.